The number of nitro benzene ring substituents is 4. The van der Waals surface area contributed by atoms with Crippen LogP contribution in [-0.4, -0.2) is 88.3 Å². The molecule has 0 spiro atoms. The molecule has 7 aromatic rings. The van der Waals surface area contributed by atoms with Crippen LogP contribution in [0.15, 0.2) is 171 Å². The number of thioether (sulfide) groups is 1. The van der Waals surface area contributed by atoms with Gasteiger partial charge in [0.15, 0.2) is 19.7 Å². The molecule has 4 N–H and O–H groups in total. The van der Waals surface area contributed by atoms with Crippen LogP contribution >= 0.6 is 58.6 Å². The highest BCUT2D eigenvalue weighted by molar-refractivity contribution is 8.13. The van der Waals surface area contributed by atoms with Gasteiger partial charge >= 0.3 is 6.03 Å². The molecule has 1 heterocycles. The molecule has 3 amide bonds. The average Bonchev–Trinajstić information content (AvgIpc) is 1.62. The van der Waals surface area contributed by atoms with Crippen molar-refractivity contribution in [2.45, 2.75) is 118 Å². The standard InChI is InChI=1S/C13H10FNO2S.C11H14FNO4S.C11H16FNO2S.C7H8S.C6H3ClFNO4S.C6H3F2NO2.C5H6Cl2N2O2.C4H11N/c14-11-6-12(15(16)17)8-13(7-11)18-9-10-4-2-1-3-5-10;1-11(2,3)7-18(16,17)10-5-8(12)4-9(6-10)13(14)15;1-11(2,3)7-16(14,15)10-5-8(12)4-9(13)6-10;8-6-7-4-2-1-3-5-7;7-14(12,13)6-2-4(8)1-5(3-6)9(10)11;7-4-1-5(8)3-6(2-4)9(10)11;1-5(2)3(10)8(6)4(11)9(5)7;1-4(2,3)5/h1-8H,9H2;4-6H,7H2,1-3H3;4-6H,7,13H2,1-3H3;1-5,8H,6H2;1-3H;1-3H;1-2H3;5H2,1-3H3. The molecule has 0 unspecified atom stereocenters. The molecule has 1 saturated heterocycles. The maximum atomic E-state index is 13.2. The number of nitro groups is 4. The van der Waals surface area contributed by atoms with Crippen molar-refractivity contribution in [3.8, 4) is 0 Å². The quantitative estimate of drug-likeness (QED) is 0.0111. The molecule has 8 rings (SSSR count). The van der Waals surface area contributed by atoms with E-state index >= 15 is 0 Å². The minimum absolute atomic E-state index is 0. The Balaban J connectivity index is 0.000000589. The second kappa shape index (κ2) is 39.3. The van der Waals surface area contributed by atoms with Gasteiger partial charge in [-0.2, -0.15) is 17.0 Å². The topological polar surface area (TPSA) is 368 Å². The van der Waals surface area contributed by atoms with Gasteiger partial charge in [0, 0.05) is 86.1 Å². The molecule has 0 bridgehead atoms. The van der Waals surface area contributed by atoms with E-state index in [4.69, 9.17) is 45.7 Å². The van der Waals surface area contributed by atoms with Gasteiger partial charge < -0.3 is 11.5 Å². The summed E-state index contributed by atoms with van der Waals surface area (Å²) in [5.74, 6) is -4.35. The van der Waals surface area contributed by atoms with Crippen molar-refractivity contribution in [3.63, 3.8) is 0 Å². The first-order chi connectivity index (χ1) is 46.0. The van der Waals surface area contributed by atoms with Crippen LogP contribution in [0.2, 0.25) is 0 Å². The highest BCUT2D eigenvalue weighted by atomic mass is 35.7. The Labute approximate surface area is 603 Å². The summed E-state index contributed by atoms with van der Waals surface area (Å²) in [6.45, 7) is 19.5. The molecule has 0 aliphatic carbocycles. The van der Waals surface area contributed by atoms with Gasteiger partial charge in [-0.1, -0.05) is 102 Å². The number of carbonyl (C=O) groups excluding carboxylic acids is 2. The highest BCUT2D eigenvalue weighted by Gasteiger charge is 2.51. The molecule has 0 saturated carbocycles. The third kappa shape index (κ3) is 35.3. The van der Waals surface area contributed by atoms with Crippen LogP contribution in [0, 0.1) is 86.2 Å². The zero-order valence-electron chi connectivity index (χ0n) is 55.6. The molecule has 101 heavy (non-hydrogen) atoms. The monoisotopic (exact) mass is 1570 g/mol. The summed E-state index contributed by atoms with van der Waals surface area (Å²) in [5, 5.41) is 41.4. The number of nitrogen functional groups attached to an aromatic ring is 1. The normalized spacial score (nSPS) is 12.5. The van der Waals surface area contributed by atoms with E-state index in [1.165, 1.54) is 49.4 Å². The van der Waals surface area contributed by atoms with Crippen molar-refractivity contribution in [3.05, 3.63) is 238 Å². The van der Waals surface area contributed by atoms with Crippen LogP contribution in [-0.2, 0) is 45.0 Å². The second-order valence-electron chi connectivity index (χ2n) is 24.9. The summed E-state index contributed by atoms with van der Waals surface area (Å²) in [6, 6.07) is 32.3. The van der Waals surface area contributed by atoms with Gasteiger partial charge in [0.2, 0.25) is 0 Å². The molecule has 24 nitrogen and oxygen atoms in total. The number of urea groups is 1. The number of hydrogen-bond donors (Lipinski definition) is 3. The fourth-order valence-corrected chi connectivity index (χ4v) is 13.3. The highest BCUT2D eigenvalue weighted by Crippen LogP contribution is 2.32. The lowest BCUT2D eigenvalue weighted by atomic mass is 10.0. The Morgan fingerprint density at radius 2 is 0.822 bits per heavy atom. The zero-order chi connectivity index (χ0) is 78.1. The molecular formula is C63H71Cl3F6N8O16S5. The van der Waals surface area contributed by atoms with Crippen LogP contribution in [0.25, 0.3) is 0 Å². The van der Waals surface area contributed by atoms with E-state index < -0.39 is 128 Å². The van der Waals surface area contributed by atoms with Crippen molar-refractivity contribution in [1.82, 2.24) is 8.84 Å². The Kier molecular flexibility index (Phi) is 35.4. The number of nitrogens with two attached hydrogens (primary N) is 2. The summed E-state index contributed by atoms with van der Waals surface area (Å²) in [4.78, 5) is 59.7. The first kappa shape index (κ1) is 90.9. The molecule has 0 atom stereocenters. The van der Waals surface area contributed by atoms with Gasteiger partial charge in [0.25, 0.3) is 37.7 Å². The van der Waals surface area contributed by atoms with E-state index in [1.54, 1.807) is 20.8 Å². The fourth-order valence-electron chi connectivity index (χ4n) is 7.13. The zero-order valence-corrected chi connectivity index (χ0v) is 62.0. The summed E-state index contributed by atoms with van der Waals surface area (Å²) < 4.78 is 147. The van der Waals surface area contributed by atoms with Crippen LogP contribution in [0.3, 0.4) is 0 Å². The first-order valence-corrected chi connectivity index (χ1v) is 36.4. The lowest BCUT2D eigenvalue weighted by molar-refractivity contribution is -0.385. The van der Waals surface area contributed by atoms with E-state index in [9.17, 15) is 102 Å². The minimum Gasteiger partial charge on any atom is -0.399 e. The number of non-ortho nitro benzene ring substituents is 4. The summed E-state index contributed by atoms with van der Waals surface area (Å²) in [5.41, 5.74) is 9.30. The number of hydrogen-bond acceptors (Lipinski definition) is 20. The number of amides is 3. The number of carbonyl (C=O) groups is 2. The van der Waals surface area contributed by atoms with Gasteiger partial charge in [-0.05, 0) is 93.0 Å². The maximum absolute atomic E-state index is 13.2. The number of halogens is 9. The van der Waals surface area contributed by atoms with Crippen molar-refractivity contribution >= 4 is 128 Å². The van der Waals surface area contributed by atoms with E-state index in [-0.39, 0.29) is 43.6 Å². The minimum atomic E-state index is -4.15. The second-order valence-corrected chi connectivity index (χ2v) is 33.5. The summed E-state index contributed by atoms with van der Waals surface area (Å²) in [6.07, 6.45) is 0. The lowest BCUT2D eigenvalue weighted by Gasteiger charge is -2.18. The molecule has 0 aromatic heterocycles. The number of benzene rings is 7. The third-order valence-electron chi connectivity index (χ3n) is 11.2. The Morgan fingerprint density at radius 3 is 1.13 bits per heavy atom. The van der Waals surface area contributed by atoms with Gasteiger partial charge in [-0.15, -0.1) is 11.8 Å². The Hall–Kier alpha value is -8.16. The molecule has 0 radical (unpaired) electrons. The number of nitrogens with zero attached hydrogens (tertiary/aromatic N) is 6. The molecular weight excluding hydrogens is 1510 g/mol. The van der Waals surface area contributed by atoms with Crippen molar-refractivity contribution in [2.24, 2.45) is 16.6 Å². The smallest absolute Gasteiger partial charge is 0.357 e. The summed E-state index contributed by atoms with van der Waals surface area (Å²) in [7, 11) is -6.49. The maximum Gasteiger partial charge on any atom is 0.357 e. The van der Waals surface area contributed by atoms with Crippen LogP contribution in [0.1, 0.15) is 87.3 Å². The average molecular weight is 1580 g/mol. The van der Waals surface area contributed by atoms with E-state index in [2.05, 4.69) is 24.8 Å². The lowest BCUT2D eigenvalue weighted by Crippen LogP contribution is -2.38. The van der Waals surface area contributed by atoms with Crippen LogP contribution in [0.4, 0.5) is 59.6 Å². The number of imide groups is 1. The van der Waals surface area contributed by atoms with Crippen molar-refractivity contribution in [1.29, 1.82) is 0 Å². The first-order valence-electron chi connectivity index (χ1n) is 28.5. The largest absolute Gasteiger partial charge is 0.399 e. The van der Waals surface area contributed by atoms with Crippen LogP contribution in [0.5, 0.6) is 0 Å². The number of rotatable bonds is 13. The molecule has 7 aromatic carbocycles. The Bertz CT molecular complexity index is 4350. The number of anilines is 1. The van der Waals surface area contributed by atoms with Gasteiger partial charge in [-0.25, -0.2) is 60.8 Å². The van der Waals surface area contributed by atoms with E-state index in [0.717, 1.165) is 46.1 Å². The van der Waals surface area contributed by atoms with Crippen molar-refractivity contribution < 1.29 is 80.9 Å². The molecule has 38 heteroatoms. The third-order valence-corrected chi connectivity index (χ3v) is 19.2. The van der Waals surface area contributed by atoms with Gasteiger partial charge in [0.05, 0.1) is 76.2 Å². The predicted molar refractivity (Wildman–Crippen MR) is 378 cm³/mol. The van der Waals surface area contributed by atoms with E-state index in [0.29, 0.717) is 57.5 Å². The van der Waals surface area contributed by atoms with Crippen LogP contribution < -0.4 is 11.5 Å². The van der Waals surface area contributed by atoms with E-state index in [1.807, 2.05) is 90.1 Å². The molecule has 1 aliphatic rings. The number of sulfone groups is 2. The molecule has 1 fully saturated rings. The van der Waals surface area contributed by atoms with Gasteiger partial charge in [-0.3, -0.25) is 45.3 Å². The SMILES string of the molecule is CC(C)(C)CS(=O)(=O)c1cc(F)cc([N+](=O)[O-])c1.CC(C)(C)CS(=O)(=O)c1cc(N)cc(F)c1.CC(C)(C)N.CC1(C)C(=O)N(Cl)C(=O)N1Cl.O=[N+]([O-])c1cc(F)cc(F)c1.O=[N+]([O-])c1cc(F)cc(S(=O)(=O)Cl)c1.O=[N+]([O-])c1cc(F)cc(SCc2ccccc2)c1.SCc1ccccc1. The Morgan fingerprint density at radius 1 is 0.505 bits per heavy atom. The summed E-state index contributed by atoms with van der Waals surface area (Å²) >= 11 is 16.3. The number of thiol groups is 1. The molecule has 552 valence electrons. The fraction of sp³-hybridized carbons (Fsp3) is 0.302. The molecule has 1 aliphatic heterocycles. The van der Waals surface area contributed by atoms with Gasteiger partial charge in [0.1, 0.15) is 40.4 Å². The van der Waals surface area contributed by atoms with Crippen molar-refractivity contribution in [2.75, 3.05) is 17.2 Å². The predicted octanol–water partition coefficient (Wildman–Crippen LogP) is 16.5.